The van der Waals surface area contributed by atoms with Crippen LogP contribution < -0.4 is 0 Å². The van der Waals surface area contributed by atoms with Gasteiger partial charge >= 0.3 is 0 Å². The largest absolute Gasteiger partial charge is 0.439 e. The molecule has 9 nitrogen and oxygen atoms in total. The first kappa shape index (κ1) is 77.1. The summed E-state index contributed by atoms with van der Waals surface area (Å²) in [5.74, 6) is 2.55. The maximum Gasteiger partial charge on any atom is 0.163 e. The van der Waals surface area contributed by atoms with Crippen molar-refractivity contribution in [2.24, 2.45) is 0 Å². The molecule has 15 aromatic carbocycles. The fourth-order valence-corrected chi connectivity index (χ4v) is 14.7. The maximum absolute atomic E-state index is 5.00. The van der Waals surface area contributed by atoms with Crippen molar-refractivity contribution in [2.75, 3.05) is 0 Å². The van der Waals surface area contributed by atoms with E-state index in [9.17, 15) is 0 Å². The van der Waals surface area contributed by atoms with E-state index >= 15 is 0 Å². The number of nitrogens with zero attached hydrogens (tertiary/aromatic N) is 9. The Kier molecular flexibility index (Phi) is 23.6. The Morgan fingerprint density at radius 1 is 0.200 bits per heavy atom. The third-order valence-corrected chi connectivity index (χ3v) is 20.1. The SMILES string of the molecule is [Y].[Y].[Y].[c-]1c(-n2[c-]c(-c3ccccc3)c3ccccc32)cccc1-n1c2ccccc2c2ccccc21.[c-]1ccc(-c2nc(-c3ccccc3)cc(-c3ccccc3)n2)cc1-n1[c-]c(-c2ccccc2)c2ccccc21.[c-]1ccc(-c2nc(-c3ccccc3)nc(-c3ccccc3)n2)cc1-n1[c-]c(-c2ccccc2)c2ccccc21. The molecule has 0 saturated carbocycles. The molecule has 0 aliphatic rings. The van der Waals surface area contributed by atoms with E-state index in [-0.39, 0.29) is 98.1 Å². The molecule has 0 amide bonds. The van der Waals surface area contributed by atoms with Crippen molar-refractivity contribution in [1.82, 2.24) is 43.2 Å². The van der Waals surface area contributed by atoms with E-state index in [0.29, 0.717) is 23.3 Å². The summed E-state index contributed by atoms with van der Waals surface area (Å²) in [5.41, 5.74) is 23.6. The minimum Gasteiger partial charge on any atom is -0.439 e. The minimum atomic E-state index is 0. The van der Waals surface area contributed by atoms with Crippen molar-refractivity contribution in [1.29, 1.82) is 0 Å². The van der Waals surface area contributed by atoms with Gasteiger partial charge in [0.1, 0.15) is 11.6 Å². The average molecular weight is 1700 g/mol. The van der Waals surface area contributed by atoms with Gasteiger partial charge in [-0.3, -0.25) is 0 Å². The molecule has 21 rings (SSSR count). The predicted octanol–water partition coefficient (Wildman–Crippen LogP) is 24.8. The molecule has 0 atom stereocenters. The summed E-state index contributed by atoms with van der Waals surface area (Å²) in [7, 11) is 0. The van der Waals surface area contributed by atoms with Crippen LogP contribution in [-0.2, 0) is 98.1 Å². The van der Waals surface area contributed by atoms with Gasteiger partial charge in [-0.05, 0) is 53.3 Å². The molecule has 537 valence electrons. The predicted molar refractivity (Wildman–Crippen MR) is 455 cm³/mol. The van der Waals surface area contributed by atoms with E-state index in [1.807, 2.05) is 140 Å². The van der Waals surface area contributed by atoms with Gasteiger partial charge in [-0.2, -0.15) is 54.6 Å². The molecule has 6 heterocycles. The summed E-state index contributed by atoms with van der Waals surface area (Å²) < 4.78 is 8.59. The molecule has 0 aliphatic carbocycles. The molecule has 0 spiro atoms. The molecule has 21 aromatic rings. The van der Waals surface area contributed by atoms with Crippen molar-refractivity contribution < 1.29 is 98.1 Å². The summed E-state index contributed by atoms with van der Waals surface area (Å²) >= 11 is 0. The number of para-hydroxylation sites is 5. The summed E-state index contributed by atoms with van der Waals surface area (Å²) in [4.78, 5) is 24.6. The van der Waals surface area contributed by atoms with Crippen molar-refractivity contribution in [3.05, 3.63) is 431 Å². The van der Waals surface area contributed by atoms with Crippen LogP contribution >= 0.6 is 0 Å². The number of fused-ring (bicyclic) bond motifs is 6. The summed E-state index contributed by atoms with van der Waals surface area (Å²) in [5, 5.41) is 5.98. The summed E-state index contributed by atoms with van der Waals surface area (Å²) in [6.45, 7) is 0. The van der Waals surface area contributed by atoms with Gasteiger partial charge in [-0.15, -0.1) is 23.1 Å². The zero-order chi connectivity index (χ0) is 74.5. The van der Waals surface area contributed by atoms with Crippen LogP contribution in [0.3, 0.4) is 0 Å². The number of hydrogen-bond donors (Lipinski definition) is 0. The average Bonchev–Trinajstić information content (AvgIpc) is 1.58. The number of hydrogen-bond acceptors (Lipinski definition) is 5. The maximum atomic E-state index is 5.00. The van der Waals surface area contributed by atoms with Crippen LogP contribution in [0.5, 0.6) is 0 Å². The molecule has 0 bridgehead atoms. The molecular weight excluding hydrogens is 1630 g/mol. The van der Waals surface area contributed by atoms with Crippen LogP contribution in [-0.4, -0.2) is 43.2 Å². The van der Waals surface area contributed by atoms with Gasteiger partial charge in [0, 0.05) is 131 Å². The number of benzene rings is 15. The Balaban J connectivity index is 0.000000128. The molecular formula is C103H65N9Y3-6. The zero-order valence-corrected chi connectivity index (χ0v) is 70.8. The third kappa shape index (κ3) is 16.0. The van der Waals surface area contributed by atoms with Crippen molar-refractivity contribution in [2.45, 2.75) is 0 Å². The number of aromatic nitrogens is 9. The molecule has 0 saturated heterocycles. The molecule has 12 heteroatoms. The second-order valence-corrected chi connectivity index (χ2v) is 27.1. The second-order valence-electron chi connectivity index (χ2n) is 27.1. The quantitative estimate of drug-likeness (QED) is 0.107. The first-order chi connectivity index (χ1) is 55.5. The standard InChI is InChI=1S/C36H23N3.C35H22N4.C32H20N2.3Y/c1-4-13-26(14-5-1)32-25-39(35-22-11-10-21-31(32)35)30-20-12-19-29(23-30)36-37-33(27-15-6-2-7-16-27)24-34(38-36)28-17-8-3-9-18-28;1-4-13-25(14-5-1)31-24-39(32-22-11-10-21-30(31)32)29-20-12-19-28(23-29)35-37-33(26-15-6-2-7-16-26)36-34(38-35)27-17-8-3-9-18-27;1-2-11-23(12-3-1)29-22-33(30-18-7-4-17-28(29)30)24-13-10-14-25(21-24)34-31-19-8-5-15-26(31)27-16-6-9-20-32(27)34;;;/h1-19,21-24H;1-19,21-23H;1-20H;;;/q3*-2;;;. The summed E-state index contributed by atoms with van der Waals surface area (Å²) in [6.07, 6.45) is 10.9. The van der Waals surface area contributed by atoms with Crippen molar-refractivity contribution in [3.63, 3.8) is 0 Å². The van der Waals surface area contributed by atoms with Gasteiger partial charge in [-0.25, -0.2) is 37.1 Å². The Bertz CT molecular complexity index is 6480. The second kappa shape index (κ2) is 35.2. The molecule has 6 aromatic heterocycles. The van der Waals surface area contributed by atoms with Gasteiger partial charge in [0.2, 0.25) is 0 Å². The Morgan fingerprint density at radius 3 is 0.843 bits per heavy atom. The van der Waals surface area contributed by atoms with E-state index < -0.39 is 0 Å². The minimum absolute atomic E-state index is 0. The van der Waals surface area contributed by atoms with E-state index in [2.05, 4.69) is 310 Å². The summed E-state index contributed by atoms with van der Waals surface area (Å²) in [6, 6.07) is 145. The van der Waals surface area contributed by atoms with E-state index in [1.165, 1.54) is 27.2 Å². The van der Waals surface area contributed by atoms with Crippen molar-refractivity contribution in [3.8, 4) is 124 Å². The van der Waals surface area contributed by atoms with Crippen LogP contribution in [0.4, 0.5) is 0 Å². The molecule has 0 N–H and O–H groups in total. The van der Waals surface area contributed by atoms with Crippen LogP contribution in [0.1, 0.15) is 0 Å². The first-order valence-corrected chi connectivity index (χ1v) is 37.2. The Morgan fingerprint density at radius 2 is 0.478 bits per heavy atom. The van der Waals surface area contributed by atoms with Gasteiger partial charge in [0.25, 0.3) is 0 Å². The fourth-order valence-electron chi connectivity index (χ4n) is 14.7. The molecule has 0 fully saturated rings. The van der Waals surface area contributed by atoms with Crippen LogP contribution in [0.2, 0.25) is 0 Å². The monoisotopic (exact) mass is 1690 g/mol. The first-order valence-electron chi connectivity index (χ1n) is 37.2. The topological polar surface area (TPSA) is 84.2 Å². The fraction of sp³-hybridized carbons (Fsp3) is 0. The molecule has 0 unspecified atom stereocenters. The Labute approximate surface area is 743 Å². The van der Waals surface area contributed by atoms with Crippen LogP contribution in [0, 0.1) is 36.8 Å². The molecule has 115 heavy (non-hydrogen) atoms. The van der Waals surface area contributed by atoms with Gasteiger partial charge in [0.15, 0.2) is 11.6 Å². The van der Waals surface area contributed by atoms with Gasteiger partial charge in [0.05, 0.1) is 22.4 Å². The van der Waals surface area contributed by atoms with E-state index in [0.717, 1.165) is 128 Å². The van der Waals surface area contributed by atoms with Gasteiger partial charge < -0.3 is 18.3 Å². The van der Waals surface area contributed by atoms with E-state index in [1.54, 1.807) is 0 Å². The van der Waals surface area contributed by atoms with Crippen LogP contribution in [0.25, 0.3) is 179 Å². The van der Waals surface area contributed by atoms with E-state index in [4.69, 9.17) is 24.9 Å². The number of rotatable bonds is 13. The normalized spacial score (nSPS) is 10.9. The molecule has 3 radical (unpaired) electrons. The van der Waals surface area contributed by atoms with Gasteiger partial charge in [-0.1, -0.05) is 388 Å². The van der Waals surface area contributed by atoms with Crippen LogP contribution in [0.15, 0.2) is 394 Å². The molecule has 0 aliphatic heterocycles. The Hall–Kier alpha value is -11.9. The zero-order valence-electron chi connectivity index (χ0n) is 62.3. The smallest absolute Gasteiger partial charge is 0.163 e. The third-order valence-electron chi connectivity index (χ3n) is 20.1. The van der Waals surface area contributed by atoms with Crippen molar-refractivity contribution >= 4 is 54.5 Å².